The monoisotopic (exact) mass is 421 g/mol. The smallest absolute Gasteiger partial charge is 0.429 e. The summed E-state index contributed by atoms with van der Waals surface area (Å²) in [7, 11) is 0. The van der Waals surface area contributed by atoms with Gasteiger partial charge in [-0.3, -0.25) is 12.1 Å². The van der Waals surface area contributed by atoms with Gasteiger partial charge in [0.15, 0.2) is 0 Å². The Bertz CT molecular complexity index is 168. The summed E-state index contributed by atoms with van der Waals surface area (Å²) in [6.45, 7) is 7.01. The molecule has 1 rings (SSSR count). The molecule has 13 heavy (non-hydrogen) atoms. The van der Waals surface area contributed by atoms with Crippen molar-refractivity contribution in [3.05, 3.63) is 30.3 Å². The van der Waals surface area contributed by atoms with Gasteiger partial charge in [-0.2, -0.15) is 5.69 Å². The van der Waals surface area contributed by atoms with Gasteiger partial charge in [-0.15, -0.1) is 0 Å². The first-order valence-electron chi connectivity index (χ1n) is 4.05. The third-order valence-electron chi connectivity index (χ3n) is 1.02. The first-order valence-corrected chi connectivity index (χ1v) is 4.05. The molecule has 0 amide bonds. The molecule has 3 heteroatoms. The van der Waals surface area contributed by atoms with Crippen molar-refractivity contribution in [2.75, 3.05) is 11.9 Å². The number of benzene rings is 1. The van der Waals surface area contributed by atoms with Gasteiger partial charge < -0.3 is 23.5 Å². The minimum Gasteiger partial charge on any atom is -0.429 e. The molecule has 0 unspecified atom stereocenters. The average Bonchev–Trinajstić information content (AvgIpc) is 2.11. The number of nitrogens with one attached hydrogen (secondary N) is 1. The predicted octanol–water partition coefficient (Wildman–Crippen LogP) is -0.254. The molecule has 1 aromatic rings. The molecule has 0 saturated heterocycles. The van der Waals surface area contributed by atoms with E-state index in [1.165, 1.54) is 0 Å². The maximum Gasteiger partial charge on any atom is 1.00 e. The van der Waals surface area contributed by atoms with Crippen molar-refractivity contribution in [3.63, 3.8) is 0 Å². The fourth-order valence-corrected chi connectivity index (χ4v) is 0.647. The average molecular weight is 421 g/mol. The van der Waals surface area contributed by atoms with Crippen molar-refractivity contribution >= 4 is 5.69 Å². The van der Waals surface area contributed by atoms with Crippen molar-refractivity contribution in [2.24, 2.45) is 0 Å². The Morgan fingerprint density at radius 3 is 2.38 bits per heavy atom. The zero-order valence-corrected chi connectivity index (χ0v) is 16.4. The number of hydrogen-bond acceptors (Lipinski definition) is 1. The van der Waals surface area contributed by atoms with Crippen LogP contribution in [0.25, 0.3) is 0 Å². The van der Waals surface area contributed by atoms with Crippen molar-refractivity contribution < 1.29 is 78.6 Å². The van der Waals surface area contributed by atoms with Crippen LogP contribution < -0.4 is 63.5 Å². The molecule has 0 saturated carbocycles. The van der Waals surface area contributed by atoms with Crippen LogP contribution in [0.4, 0.5) is 5.69 Å². The Hall–Kier alpha value is 1.49. The zero-order valence-electron chi connectivity index (χ0n) is 8.82. The Morgan fingerprint density at radius 2 is 2.00 bits per heavy atom. The van der Waals surface area contributed by atoms with Gasteiger partial charge in [-0.1, -0.05) is 13.8 Å². The molecule has 0 aliphatic carbocycles. The van der Waals surface area contributed by atoms with Gasteiger partial charge >= 0.3 is 58.2 Å². The molecule has 0 aliphatic heterocycles. The molecule has 0 atom stereocenters. The van der Waals surface area contributed by atoms with E-state index in [9.17, 15) is 0 Å². The van der Waals surface area contributed by atoms with Crippen LogP contribution in [0.15, 0.2) is 18.2 Å². The Morgan fingerprint density at radius 1 is 1.38 bits per heavy atom. The molecular formula is C10H15NRbRe-. The first-order chi connectivity index (χ1) is 5.43. The summed E-state index contributed by atoms with van der Waals surface area (Å²) in [4.78, 5) is 0. The van der Waals surface area contributed by atoms with E-state index in [2.05, 4.69) is 24.4 Å². The number of anilines is 1. The summed E-state index contributed by atoms with van der Waals surface area (Å²) in [5.74, 6) is 0. The van der Waals surface area contributed by atoms with Gasteiger partial charge in [-0.25, -0.2) is 0 Å². The molecule has 0 bridgehead atoms. The fourth-order valence-electron chi connectivity index (χ4n) is 0.647. The van der Waals surface area contributed by atoms with E-state index in [-0.39, 0.29) is 78.6 Å². The molecule has 1 radical (unpaired) electrons. The minimum absolute atomic E-state index is 0. The van der Waals surface area contributed by atoms with Gasteiger partial charge in [0.1, 0.15) is 0 Å². The Kier molecular flexibility index (Phi) is 24.5. The van der Waals surface area contributed by atoms with E-state index in [0.717, 1.165) is 12.2 Å². The Labute approximate surface area is 145 Å². The SMILES string of the molecule is CC.CCNc1[c-]c[c-]cc1.[Rb+].[Re]. The maximum atomic E-state index is 3.13. The quantitative estimate of drug-likeness (QED) is 0.651. The van der Waals surface area contributed by atoms with Crippen LogP contribution in [0.3, 0.4) is 0 Å². The summed E-state index contributed by atoms with van der Waals surface area (Å²) in [5.41, 5.74) is 1.04. The molecule has 0 fully saturated rings. The first kappa shape index (κ1) is 20.0. The Balaban J connectivity index is -0.000000234. The zero-order chi connectivity index (χ0) is 8.53. The van der Waals surface area contributed by atoms with Crippen molar-refractivity contribution in [2.45, 2.75) is 20.8 Å². The molecule has 69 valence electrons. The van der Waals surface area contributed by atoms with Crippen molar-refractivity contribution in [3.8, 4) is 0 Å². The number of rotatable bonds is 2. The van der Waals surface area contributed by atoms with Crippen LogP contribution in [0, 0.1) is 12.1 Å². The molecule has 0 aromatic heterocycles. The normalized spacial score (nSPS) is 6.69. The van der Waals surface area contributed by atoms with E-state index in [0.29, 0.717) is 0 Å². The molecule has 0 heterocycles. The van der Waals surface area contributed by atoms with Gasteiger partial charge in [0, 0.05) is 27.0 Å². The van der Waals surface area contributed by atoms with Crippen LogP contribution in [-0.4, -0.2) is 6.54 Å². The van der Waals surface area contributed by atoms with Gasteiger partial charge in [0.05, 0.1) is 0 Å². The summed E-state index contributed by atoms with van der Waals surface area (Å²) in [6, 6.07) is 11.5. The standard InChI is InChI=1S/C8H9N.C2H6.Rb.Re/c1-2-9-8-6-4-3-5-7-8;1-2;;/h4-6,9H,2H2,1H3;1-2H3;;/q-2;;+1;. The van der Waals surface area contributed by atoms with Gasteiger partial charge in [0.25, 0.3) is 0 Å². The van der Waals surface area contributed by atoms with Crippen LogP contribution in [0.5, 0.6) is 0 Å². The number of hydrogen-bond donors (Lipinski definition) is 1. The summed E-state index contributed by atoms with van der Waals surface area (Å²) in [6.07, 6.45) is 0. The van der Waals surface area contributed by atoms with Crippen LogP contribution >= 0.6 is 0 Å². The van der Waals surface area contributed by atoms with Crippen molar-refractivity contribution in [1.29, 1.82) is 0 Å². The summed E-state index contributed by atoms with van der Waals surface area (Å²) in [5, 5.41) is 3.13. The van der Waals surface area contributed by atoms with E-state index < -0.39 is 0 Å². The molecule has 1 aromatic carbocycles. The molecule has 1 N–H and O–H groups in total. The second kappa shape index (κ2) is 15.9. The summed E-state index contributed by atoms with van der Waals surface area (Å²) < 4.78 is 0. The molecular weight excluding hydrogens is 406 g/mol. The second-order valence-electron chi connectivity index (χ2n) is 1.73. The van der Waals surface area contributed by atoms with E-state index in [4.69, 9.17) is 0 Å². The third-order valence-corrected chi connectivity index (χ3v) is 1.02. The van der Waals surface area contributed by atoms with Crippen molar-refractivity contribution in [1.82, 2.24) is 0 Å². The van der Waals surface area contributed by atoms with E-state index in [1.54, 1.807) is 6.07 Å². The van der Waals surface area contributed by atoms with Crippen LogP contribution in [0.1, 0.15) is 20.8 Å². The second-order valence-corrected chi connectivity index (χ2v) is 1.73. The van der Waals surface area contributed by atoms with Gasteiger partial charge in [-0.05, 0) is 6.92 Å². The molecule has 0 aliphatic rings. The predicted molar refractivity (Wildman–Crippen MR) is 49.6 cm³/mol. The van der Waals surface area contributed by atoms with Crippen LogP contribution in [0.2, 0.25) is 0 Å². The van der Waals surface area contributed by atoms with E-state index >= 15 is 0 Å². The van der Waals surface area contributed by atoms with Gasteiger partial charge in [0.2, 0.25) is 0 Å². The summed E-state index contributed by atoms with van der Waals surface area (Å²) >= 11 is 0. The maximum absolute atomic E-state index is 3.13. The fraction of sp³-hybridized carbons (Fsp3) is 0.400. The largest absolute Gasteiger partial charge is 1.00 e. The third kappa shape index (κ3) is 11.4. The molecule has 1 nitrogen and oxygen atoms in total. The van der Waals surface area contributed by atoms with Crippen LogP contribution in [-0.2, 0) is 20.4 Å². The minimum atomic E-state index is 0. The molecule has 0 spiro atoms. The topological polar surface area (TPSA) is 12.0 Å². The van der Waals surface area contributed by atoms with E-state index in [1.807, 2.05) is 26.0 Å².